The molecule has 0 N–H and O–H groups in total. The van der Waals surface area contributed by atoms with Crippen LogP contribution in [-0.2, 0) is 4.74 Å². The standard InChI is InChI=1S/C26H43N3O/c1-30-21-20-27-16-18-29(19-17-27)26(25-10-6-3-7-11-25)22-28-14-12-24(13-15-28)23-8-4-2-5-9-23/h3,6-7,10-11,23-24,26H,2,4-5,8-9,12-22H2,1H3. The Morgan fingerprint density at radius 1 is 0.800 bits per heavy atom. The number of nitrogens with zero attached hydrogens (tertiary/aromatic N) is 3. The van der Waals surface area contributed by atoms with Gasteiger partial charge in [0.15, 0.2) is 0 Å². The lowest BCUT2D eigenvalue weighted by Gasteiger charge is -2.43. The Hall–Kier alpha value is -0.940. The van der Waals surface area contributed by atoms with Crippen LogP contribution in [0.15, 0.2) is 30.3 Å². The van der Waals surface area contributed by atoms with E-state index in [4.69, 9.17) is 4.74 Å². The number of piperazine rings is 1. The van der Waals surface area contributed by atoms with Crippen molar-refractivity contribution in [1.82, 2.24) is 14.7 Å². The second-order valence-corrected chi connectivity index (χ2v) is 9.83. The molecule has 2 saturated heterocycles. The number of likely N-dealkylation sites (tertiary alicyclic amines) is 1. The molecule has 30 heavy (non-hydrogen) atoms. The molecule has 168 valence electrons. The van der Waals surface area contributed by atoms with Crippen LogP contribution in [0, 0.1) is 11.8 Å². The summed E-state index contributed by atoms with van der Waals surface area (Å²) in [5.74, 6) is 2.03. The molecule has 4 nitrogen and oxygen atoms in total. The van der Waals surface area contributed by atoms with E-state index in [1.54, 1.807) is 7.11 Å². The van der Waals surface area contributed by atoms with Gasteiger partial charge >= 0.3 is 0 Å². The van der Waals surface area contributed by atoms with Gasteiger partial charge in [0.1, 0.15) is 0 Å². The molecule has 1 aliphatic carbocycles. The number of ether oxygens (including phenoxy) is 1. The number of hydrogen-bond acceptors (Lipinski definition) is 4. The Balaban J connectivity index is 1.32. The molecular weight excluding hydrogens is 370 g/mol. The topological polar surface area (TPSA) is 19.0 Å². The Morgan fingerprint density at radius 2 is 1.47 bits per heavy atom. The second kappa shape index (κ2) is 11.6. The van der Waals surface area contributed by atoms with Crippen molar-refractivity contribution in [2.45, 2.75) is 51.0 Å². The van der Waals surface area contributed by atoms with Crippen LogP contribution in [0.4, 0.5) is 0 Å². The predicted molar refractivity (Wildman–Crippen MR) is 125 cm³/mol. The van der Waals surface area contributed by atoms with Crippen LogP contribution in [-0.4, -0.2) is 80.8 Å². The average Bonchev–Trinajstić information content (AvgIpc) is 2.83. The number of methoxy groups -OCH3 is 1. The molecule has 1 saturated carbocycles. The molecule has 4 rings (SSSR count). The van der Waals surface area contributed by atoms with Gasteiger partial charge in [-0.25, -0.2) is 0 Å². The molecule has 1 aromatic carbocycles. The lowest BCUT2D eigenvalue weighted by atomic mass is 9.76. The lowest BCUT2D eigenvalue weighted by molar-refractivity contribution is 0.0487. The Bertz CT molecular complexity index is 588. The van der Waals surface area contributed by atoms with Crippen LogP contribution in [0.2, 0.25) is 0 Å². The normalized spacial score (nSPS) is 24.8. The van der Waals surface area contributed by atoms with Gasteiger partial charge in [-0.15, -0.1) is 0 Å². The van der Waals surface area contributed by atoms with Gasteiger partial charge in [-0.1, -0.05) is 62.4 Å². The minimum Gasteiger partial charge on any atom is -0.383 e. The maximum absolute atomic E-state index is 5.28. The summed E-state index contributed by atoms with van der Waals surface area (Å²) in [6.07, 6.45) is 10.3. The van der Waals surface area contributed by atoms with E-state index in [2.05, 4.69) is 45.0 Å². The highest BCUT2D eigenvalue weighted by Gasteiger charge is 2.31. The van der Waals surface area contributed by atoms with Crippen LogP contribution in [0.3, 0.4) is 0 Å². The van der Waals surface area contributed by atoms with E-state index in [9.17, 15) is 0 Å². The summed E-state index contributed by atoms with van der Waals surface area (Å²) in [5.41, 5.74) is 1.50. The number of rotatable bonds is 8. The molecule has 0 amide bonds. The largest absolute Gasteiger partial charge is 0.383 e. The third-order valence-corrected chi connectivity index (χ3v) is 8.02. The first-order valence-corrected chi connectivity index (χ1v) is 12.6. The number of piperidine rings is 1. The van der Waals surface area contributed by atoms with Crippen LogP contribution >= 0.6 is 0 Å². The SMILES string of the molecule is COCCN1CCN(C(CN2CCC(C3CCCCC3)CC2)c2ccccc2)CC1. The average molecular weight is 414 g/mol. The van der Waals surface area contributed by atoms with Crippen molar-refractivity contribution in [3.63, 3.8) is 0 Å². The summed E-state index contributed by atoms with van der Waals surface area (Å²) in [7, 11) is 1.80. The molecule has 3 aliphatic rings. The van der Waals surface area contributed by atoms with Crippen LogP contribution in [0.1, 0.15) is 56.6 Å². The molecule has 1 atom stereocenters. The zero-order valence-electron chi connectivity index (χ0n) is 19.2. The maximum Gasteiger partial charge on any atom is 0.0589 e. The maximum atomic E-state index is 5.28. The molecule has 0 radical (unpaired) electrons. The van der Waals surface area contributed by atoms with E-state index in [1.807, 2.05) is 0 Å². The third kappa shape index (κ3) is 6.06. The molecule has 3 fully saturated rings. The van der Waals surface area contributed by atoms with Gasteiger partial charge in [0.05, 0.1) is 6.61 Å². The van der Waals surface area contributed by atoms with Crippen LogP contribution in [0.25, 0.3) is 0 Å². The summed E-state index contributed by atoms with van der Waals surface area (Å²) in [6, 6.07) is 11.8. The van der Waals surface area contributed by atoms with E-state index in [0.29, 0.717) is 6.04 Å². The van der Waals surface area contributed by atoms with E-state index >= 15 is 0 Å². The van der Waals surface area contributed by atoms with Crippen molar-refractivity contribution in [1.29, 1.82) is 0 Å². The van der Waals surface area contributed by atoms with Crippen molar-refractivity contribution in [2.75, 3.05) is 66.1 Å². The van der Waals surface area contributed by atoms with Gasteiger partial charge in [-0.2, -0.15) is 0 Å². The first-order chi connectivity index (χ1) is 14.8. The lowest BCUT2D eigenvalue weighted by Crippen LogP contribution is -2.51. The Morgan fingerprint density at radius 3 is 2.13 bits per heavy atom. The van der Waals surface area contributed by atoms with E-state index < -0.39 is 0 Å². The van der Waals surface area contributed by atoms with Crippen molar-refractivity contribution >= 4 is 0 Å². The summed E-state index contributed by atoms with van der Waals surface area (Å²) in [6.45, 7) is 10.4. The summed E-state index contributed by atoms with van der Waals surface area (Å²) >= 11 is 0. The Labute approximate surface area is 184 Å². The summed E-state index contributed by atoms with van der Waals surface area (Å²) in [5, 5.41) is 0. The van der Waals surface area contributed by atoms with Gasteiger partial charge in [0.2, 0.25) is 0 Å². The molecular formula is C26H43N3O. The summed E-state index contributed by atoms with van der Waals surface area (Å²) in [4.78, 5) is 8.07. The Kier molecular flexibility index (Phi) is 8.62. The first-order valence-electron chi connectivity index (χ1n) is 12.6. The predicted octanol–water partition coefficient (Wildman–Crippen LogP) is 4.28. The highest BCUT2D eigenvalue weighted by Crippen LogP contribution is 2.36. The minimum absolute atomic E-state index is 0.530. The molecule has 0 aromatic heterocycles. The molecule has 4 heteroatoms. The monoisotopic (exact) mass is 413 g/mol. The van der Waals surface area contributed by atoms with E-state index in [-0.39, 0.29) is 0 Å². The van der Waals surface area contributed by atoms with Gasteiger partial charge in [0, 0.05) is 52.4 Å². The van der Waals surface area contributed by atoms with Crippen molar-refractivity contribution < 1.29 is 4.74 Å². The molecule has 2 aliphatic heterocycles. The quantitative estimate of drug-likeness (QED) is 0.633. The zero-order chi connectivity index (χ0) is 20.6. The fraction of sp³-hybridized carbons (Fsp3) is 0.769. The fourth-order valence-electron chi connectivity index (χ4n) is 6.08. The fourth-order valence-corrected chi connectivity index (χ4v) is 6.08. The van der Waals surface area contributed by atoms with Crippen molar-refractivity contribution in [2.24, 2.45) is 11.8 Å². The van der Waals surface area contributed by atoms with Crippen molar-refractivity contribution in [3.05, 3.63) is 35.9 Å². The highest BCUT2D eigenvalue weighted by molar-refractivity contribution is 5.20. The third-order valence-electron chi connectivity index (χ3n) is 8.02. The van der Waals surface area contributed by atoms with Gasteiger partial charge in [-0.3, -0.25) is 9.80 Å². The number of hydrogen-bond donors (Lipinski definition) is 0. The minimum atomic E-state index is 0.530. The smallest absolute Gasteiger partial charge is 0.0589 e. The zero-order valence-corrected chi connectivity index (χ0v) is 19.2. The second-order valence-electron chi connectivity index (χ2n) is 9.83. The molecule has 0 spiro atoms. The first kappa shape index (κ1) is 22.3. The molecule has 1 aromatic rings. The van der Waals surface area contributed by atoms with Crippen molar-refractivity contribution in [3.8, 4) is 0 Å². The van der Waals surface area contributed by atoms with E-state index in [1.165, 1.54) is 83.2 Å². The van der Waals surface area contributed by atoms with Crippen LogP contribution < -0.4 is 0 Å². The summed E-state index contributed by atoms with van der Waals surface area (Å²) < 4.78 is 5.28. The molecule has 1 unspecified atom stereocenters. The van der Waals surface area contributed by atoms with Gasteiger partial charge < -0.3 is 9.64 Å². The number of benzene rings is 1. The van der Waals surface area contributed by atoms with E-state index in [0.717, 1.165) is 38.1 Å². The van der Waals surface area contributed by atoms with Gasteiger partial charge in [-0.05, 0) is 43.3 Å². The molecule has 2 heterocycles. The van der Waals surface area contributed by atoms with Gasteiger partial charge in [0.25, 0.3) is 0 Å². The molecule has 0 bridgehead atoms. The van der Waals surface area contributed by atoms with Crippen LogP contribution in [0.5, 0.6) is 0 Å². The highest BCUT2D eigenvalue weighted by atomic mass is 16.5.